The second kappa shape index (κ2) is 9.94. The second-order valence-corrected chi connectivity index (χ2v) is 9.99. The summed E-state index contributed by atoms with van der Waals surface area (Å²) in [5.41, 5.74) is 2.36. The van der Waals surface area contributed by atoms with Gasteiger partial charge in [0.25, 0.3) is 5.91 Å². The molecule has 2 aromatic carbocycles. The van der Waals surface area contributed by atoms with Crippen molar-refractivity contribution < 1.29 is 18.7 Å². The Morgan fingerprint density at radius 3 is 2.39 bits per heavy atom. The molecule has 0 saturated carbocycles. The predicted molar refractivity (Wildman–Crippen MR) is 128 cm³/mol. The molecule has 0 bridgehead atoms. The third-order valence-corrected chi connectivity index (χ3v) is 5.81. The van der Waals surface area contributed by atoms with Crippen molar-refractivity contribution in [1.29, 1.82) is 0 Å². The molecule has 1 N–H and O–H groups in total. The number of amides is 2. The summed E-state index contributed by atoms with van der Waals surface area (Å²) in [5.74, 6) is 0.153. The van der Waals surface area contributed by atoms with Gasteiger partial charge in [0.05, 0.1) is 6.04 Å². The quantitative estimate of drug-likeness (QED) is 0.666. The molecule has 1 aliphatic heterocycles. The Bertz CT molecular complexity index is 995. The van der Waals surface area contributed by atoms with Crippen molar-refractivity contribution in [3.63, 3.8) is 0 Å². The van der Waals surface area contributed by atoms with E-state index in [0.717, 1.165) is 23.1 Å². The van der Waals surface area contributed by atoms with E-state index < -0.39 is 11.5 Å². The van der Waals surface area contributed by atoms with Crippen LogP contribution in [0.5, 0.6) is 5.75 Å². The first-order chi connectivity index (χ1) is 15.5. The minimum atomic E-state index is -0.606. The van der Waals surface area contributed by atoms with E-state index in [2.05, 4.69) is 5.32 Å². The summed E-state index contributed by atoms with van der Waals surface area (Å²) in [4.78, 5) is 27.7. The fraction of sp³-hybridized carbons (Fsp3) is 0.481. The van der Waals surface area contributed by atoms with Crippen LogP contribution in [0.25, 0.3) is 0 Å². The van der Waals surface area contributed by atoms with Crippen LogP contribution in [-0.4, -0.2) is 35.4 Å². The van der Waals surface area contributed by atoms with Crippen molar-refractivity contribution >= 4 is 11.8 Å². The molecule has 178 valence electrons. The van der Waals surface area contributed by atoms with Gasteiger partial charge in [0.2, 0.25) is 5.91 Å². The lowest BCUT2D eigenvalue weighted by atomic mass is 9.85. The number of ether oxygens (including phenoxy) is 1. The zero-order chi connectivity index (χ0) is 24.3. The van der Waals surface area contributed by atoms with Crippen molar-refractivity contribution in [2.45, 2.75) is 72.6 Å². The van der Waals surface area contributed by atoms with Gasteiger partial charge < -0.3 is 15.0 Å². The average molecular weight is 455 g/mol. The molecule has 1 aliphatic rings. The van der Waals surface area contributed by atoms with Crippen LogP contribution in [0.2, 0.25) is 0 Å². The van der Waals surface area contributed by atoms with Crippen molar-refractivity contribution in [3.05, 3.63) is 65.0 Å². The van der Waals surface area contributed by atoms with E-state index in [0.29, 0.717) is 18.7 Å². The highest BCUT2D eigenvalue weighted by Crippen LogP contribution is 2.39. The molecule has 3 rings (SSSR count). The van der Waals surface area contributed by atoms with Gasteiger partial charge in [-0.05, 0) is 67.6 Å². The molecule has 0 aromatic heterocycles. The van der Waals surface area contributed by atoms with Crippen molar-refractivity contribution in [2.75, 3.05) is 6.54 Å². The largest absolute Gasteiger partial charge is 0.481 e. The predicted octanol–water partition coefficient (Wildman–Crippen LogP) is 5.03. The molecular formula is C27H35FN2O3. The fourth-order valence-electron chi connectivity index (χ4n) is 4.18. The van der Waals surface area contributed by atoms with E-state index in [1.165, 1.54) is 12.1 Å². The summed E-state index contributed by atoms with van der Waals surface area (Å²) < 4.78 is 19.8. The van der Waals surface area contributed by atoms with Crippen LogP contribution in [0.3, 0.4) is 0 Å². The monoisotopic (exact) mass is 454 g/mol. The Morgan fingerprint density at radius 1 is 1.15 bits per heavy atom. The topological polar surface area (TPSA) is 58.6 Å². The highest BCUT2D eigenvalue weighted by molar-refractivity contribution is 5.83. The van der Waals surface area contributed by atoms with Crippen LogP contribution < -0.4 is 10.1 Å². The van der Waals surface area contributed by atoms with E-state index in [1.54, 1.807) is 12.1 Å². The lowest BCUT2D eigenvalue weighted by Gasteiger charge is -2.41. The third kappa shape index (κ3) is 5.73. The summed E-state index contributed by atoms with van der Waals surface area (Å²) in [5, 5.41) is 2.90. The number of carbonyl (C=O) groups is 2. The Labute approximate surface area is 196 Å². The highest BCUT2D eigenvalue weighted by Gasteiger charge is 2.37. The van der Waals surface area contributed by atoms with Gasteiger partial charge >= 0.3 is 0 Å². The molecule has 6 heteroatoms. The van der Waals surface area contributed by atoms with Gasteiger partial charge in [-0.25, -0.2) is 4.39 Å². The Morgan fingerprint density at radius 2 is 1.82 bits per heavy atom. The van der Waals surface area contributed by atoms with Gasteiger partial charge in [-0.2, -0.15) is 0 Å². The standard InChI is InChI=1S/C27H35FN2O3/c1-7-23(25(31)29-17(2)3)33-21-13-10-18-14-15-30(26(32)27(4,5)6)24(22(18)16-21)19-8-11-20(28)12-9-19/h8-13,16-17,23-24H,7,14-15H2,1-6H3,(H,29,31)/t23-,24+/m1/s1. The summed E-state index contributed by atoms with van der Waals surface area (Å²) in [7, 11) is 0. The fourth-order valence-corrected chi connectivity index (χ4v) is 4.18. The van der Waals surface area contributed by atoms with Crippen LogP contribution in [0.1, 0.15) is 70.7 Å². The van der Waals surface area contributed by atoms with Gasteiger partial charge in [0.1, 0.15) is 11.6 Å². The first-order valence-corrected chi connectivity index (χ1v) is 11.7. The summed E-state index contributed by atoms with van der Waals surface area (Å²) >= 11 is 0. The Hall–Kier alpha value is -2.89. The first-order valence-electron chi connectivity index (χ1n) is 11.7. The van der Waals surface area contributed by atoms with Crippen LogP contribution in [0.15, 0.2) is 42.5 Å². The molecule has 0 saturated heterocycles. The number of halogens is 1. The second-order valence-electron chi connectivity index (χ2n) is 9.99. The van der Waals surface area contributed by atoms with E-state index in [1.807, 2.05) is 64.6 Å². The van der Waals surface area contributed by atoms with Crippen LogP contribution in [0, 0.1) is 11.2 Å². The molecule has 0 fully saturated rings. The minimum absolute atomic E-state index is 0.0264. The number of carbonyl (C=O) groups excluding carboxylic acids is 2. The number of benzene rings is 2. The number of rotatable bonds is 6. The third-order valence-electron chi connectivity index (χ3n) is 5.81. The van der Waals surface area contributed by atoms with E-state index in [4.69, 9.17) is 4.74 Å². The van der Waals surface area contributed by atoms with E-state index in [-0.39, 0.29) is 29.7 Å². The minimum Gasteiger partial charge on any atom is -0.481 e. The molecule has 2 amide bonds. The van der Waals surface area contributed by atoms with E-state index >= 15 is 0 Å². The Kier molecular flexibility index (Phi) is 7.45. The normalized spacial score (nSPS) is 16.8. The maximum Gasteiger partial charge on any atom is 0.261 e. The van der Waals surface area contributed by atoms with Crippen LogP contribution in [0.4, 0.5) is 4.39 Å². The number of hydrogen-bond donors (Lipinski definition) is 1. The zero-order valence-corrected chi connectivity index (χ0v) is 20.4. The number of nitrogens with one attached hydrogen (secondary N) is 1. The van der Waals surface area contributed by atoms with Gasteiger partial charge in [0, 0.05) is 18.0 Å². The molecule has 2 atom stereocenters. The van der Waals surface area contributed by atoms with Crippen molar-refractivity contribution in [1.82, 2.24) is 10.2 Å². The Balaban J connectivity index is 2.01. The van der Waals surface area contributed by atoms with Crippen molar-refractivity contribution in [2.24, 2.45) is 5.41 Å². The molecule has 0 aliphatic carbocycles. The zero-order valence-electron chi connectivity index (χ0n) is 20.4. The maximum absolute atomic E-state index is 13.7. The summed E-state index contributed by atoms with van der Waals surface area (Å²) in [6.45, 7) is 12.0. The van der Waals surface area contributed by atoms with Gasteiger partial charge in [-0.3, -0.25) is 9.59 Å². The lowest BCUT2D eigenvalue weighted by Crippen LogP contribution is -2.45. The molecule has 5 nitrogen and oxygen atoms in total. The number of nitrogens with zero attached hydrogens (tertiary/aromatic N) is 1. The van der Waals surface area contributed by atoms with Gasteiger partial charge in [-0.1, -0.05) is 45.9 Å². The smallest absolute Gasteiger partial charge is 0.261 e. The van der Waals surface area contributed by atoms with Crippen LogP contribution >= 0.6 is 0 Å². The van der Waals surface area contributed by atoms with Gasteiger partial charge in [0.15, 0.2) is 6.10 Å². The highest BCUT2D eigenvalue weighted by atomic mass is 19.1. The molecule has 1 heterocycles. The average Bonchev–Trinajstić information content (AvgIpc) is 2.75. The van der Waals surface area contributed by atoms with Crippen molar-refractivity contribution in [3.8, 4) is 5.75 Å². The molecule has 0 radical (unpaired) electrons. The molecule has 33 heavy (non-hydrogen) atoms. The maximum atomic E-state index is 13.7. The molecule has 0 unspecified atom stereocenters. The summed E-state index contributed by atoms with van der Waals surface area (Å²) in [6, 6.07) is 11.8. The van der Waals surface area contributed by atoms with Crippen LogP contribution in [-0.2, 0) is 16.0 Å². The summed E-state index contributed by atoms with van der Waals surface area (Å²) in [6.07, 6.45) is 0.650. The number of fused-ring (bicyclic) bond motifs is 1. The van der Waals surface area contributed by atoms with Gasteiger partial charge in [-0.15, -0.1) is 0 Å². The molecular weight excluding hydrogens is 419 g/mol. The first kappa shape index (κ1) is 24.7. The SMILES string of the molecule is CC[C@@H](Oc1ccc2c(c1)[C@H](c1ccc(F)cc1)N(C(=O)C(C)(C)C)CC2)C(=O)NC(C)C. The lowest BCUT2D eigenvalue weighted by molar-refractivity contribution is -0.141. The molecule has 2 aromatic rings. The number of hydrogen-bond acceptors (Lipinski definition) is 3. The molecule has 0 spiro atoms. The van der Waals surface area contributed by atoms with E-state index in [9.17, 15) is 14.0 Å².